The predicted molar refractivity (Wildman–Crippen MR) is 179 cm³/mol. The first kappa shape index (κ1) is 44.8. The minimum Gasteiger partial charge on any atom is -0.480 e. The molecule has 5 atom stereocenters. The molecule has 5 amide bonds. The summed E-state index contributed by atoms with van der Waals surface area (Å²) in [4.78, 5) is 85.6. The number of carboxylic acid groups (broad SMARTS) is 1. The number of hydrogen-bond donors (Lipinski definition) is 5. The highest BCUT2D eigenvalue weighted by molar-refractivity contribution is 5.97. The number of piperazine rings is 1. The number of carbonyl (C=O) groups is 7. The van der Waals surface area contributed by atoms with Gasteiger partial charge in [0.05, 0.1) is 60.0 Å². The molecular formula is C32H53N5O16. The second-order valence-corrected chi connectivity index (χ2v) is 14.0. The first-order valence-electron chi connectivity index (χ1n) is 16.9. The van der Waals surface area contributed by atoms with Gasteiger partial charge in [0.15, 0.2) is 12.1 Å². The van der Waals surface area contributed by atoms with Gasteiger partial charge in [0.1, 0.15) is 29.3 Å². The summed E-state index contributed by atoms with van der Waals surface area (Å²) < 4.78 is 30.2. The molecule has 21 nitrogen and oxygen atoms in total. The highest BCUT2D eigenvalue weighted by atomic mass is 16.6. The Morgan fingerprint density at radius 2 is 1.32 bits per heavy atom. The second kappa shape index (κ2) is 20.2. The Labute approximate surface area is 307 Å². The number of methoxy groups -OCH3 is 1. The molecule has 0 bridgehead atoms. The van der Waals surface area contributed by atoms with Crippen LogP contribution in [0.5, 0.6) is 0 Å². The zero-order chi connectivity index (χ0) is 40.1. The van der Waals surface area contributed by atoms with E-state index in [2.05, 4.69) is 15.4 Å². The number of ether oxygens (including phenoxy) is 6. The van der Waals surface area contributed by atoms with E-state index in [0.717, 1.165) is 7.11 Å². The highest BCUT2D eigenvalue weighted by Crippen LogP contribution is 2.17. The van der Waals surface area contributed by atoms with Crippen LogP contribution in [0.4, 0.5) is 9.59 Å². The molecule has 4 rings (SSSR count). The van der Waals surface area contributed by atoms with E-state index in [4.69, 9.17) is 39.0 Å². The Kier molecular flexibility index (Phi) is 17.1. The maximum absolute atomic E-state index is 12.3. The van der Waals surface area contributed by atoms with Gasteiger partial charge in [-0.05, 0) is 41.5 Å². The fourth-order valence-electron chi connectivity index (χ4n) is 5.03. The number of morpholine rings is 3. The van der Waals surface area contributed by atoms with Crippen LogP contribution in [0.1, 0.15) is 41.5 Å². The van der Waals surface area contributed by atoms with E-state index in [9.17, 15) is 33.6 Å². The van der Waals surface area contributed by atoms with Gasteiger partial charge in [-0.25, -0.2) is 19.2 Å². The van der Waals surface area contributed by atoms with E-state index in [1.165, 1.54) is 14.7 Å². The minimum absolute atomic E-state index is 0.00851. The van der Waals surface area contributed by atoms with Crippen molar-refractivity contribution in [2.75, 3.05) is 79.6 Å². The fourth-order valence-corrected chi connectivity index (χ4v) is 5.03. The number of nitrogens with one attached hydrogen (secondary N) is 2. The summed E-state index contributed by atoms with van der Waals surface area (Å²) in [6.07, 6.45) is -1.25. The van der Waals surface area contributed by atoms with Crippen molar-refractivity contribution in [3.8, 4) is 0 Å². The lowest BCUT2D eigenvalue weighted by molar-refractivity contribution is -0.158. The third-order valence-electron chi connectivity index (χ3n) is 7.60. The molecule has 0 aromatic carbocycles. The van der Waals surface area contributed by atoms with Crippen molar-refractivity contribution in [1.82, 2.24) is 25.3 Å². The van der Waals surface area contributed by atoms with E-state index in [-0.39, 0.29) is 57.9 Å². The molecule has 4 aliphatic heterocycles. The molecule has 0 spiro atoms. The second-order valence-electron chi connectivity index (χ2n) is 14.0. The zero-order valence-electron chi connectivity index (χ0n) is 31.2. The number of fused-ring (bicyclic) bond motifs is 1. The normalized spacial score (nSPS) is 23.7. The highest BCUT2D eigenvalue weighted by Gasteiger charge is 2.42. The maximum Gasteiger partial charge on any atom is 0.411 e. The first-order valence-corrected chi connectivity index (χ1v) is 16.9. The lowest BCUT2D eigenvalue weighted by Gasteiger charge is -2.40. The number of nitrogens with zero attached hydrogens (tertiary/aromatic N) is 3. The van der Waals surface area contributed by atoms with Gasteiger partial charge in [0.25, 0.3) is 0 Å². The number of aliphatic carboxylic acids is 1. The van der Waals surface area contributed by atoms with Crippen molar-refractivity contribution in [3.05, 3.63) is 0 Å². The maximum atomic E-state index is 12.3. The van der Waals surface area contributed by atoms with Gasteiger partial charge in [0.2, 0.25) is 17.7 Å². The molecule has 0 aromatic heterocycles. The minimum atomic E-state index is -1.20. The predicted octanol–water partition coefficient (Wildman–Crippen LogP) is -2.32. The number of hydrogen-bond acceptors (Lipinski definition) is 15. The molecule has 4 aliphatic rings. The molecule has 4 saturated heterocycles. The van der Waals surface area contributed by atoms with Gasteiger partial charge in [-0.15, -0.1) is 0 Å². The molecule has 0 radical (unpaired) electrons. The third kappa shape index (κ3) is 13.9. The summed E-state index contributed by atoms with van der Waals surface area (Å²) in [5.41, 5.74) is -1.32. The van der Waals surface area contributed by atoms with Gasteiger partial charge >= 0.3 is 24.1 Å². The van der Waals surface area contributed by atoms with Crippen LogP contribution in [0.2, 0.25) is 0 Å². The lowest BCUT2D eigenvalue weighted by atomic mass is 10.1. The van der Waals surface area contributed by atoms with Crippen molar-refractivity contribution in [2.24, 2.45) is 0 Å². The molecular weight excluding hydrogens is 710 g/mol. The summed E-state index contributed by atoms with van der Waals surface area (Å²) in [6, 6.07) is -4.40. The summed E-state index contributed by atoms with van der Waals surface area (Å²) >= 11 is 0. The standard InChI is InChI=1S/C14H24N2O7.C10H17NO5.C8H12N2O4/c1-14(2,3)23-13(20)16-5-6-22-8-10(16)11(18)15-9(7-17)12(19)21-4;1-10(2,3)16-9(14)11-4-5-15-6-7(11)8(12)13;11-3-5-8(13)10-1-2-14-4-6(10)7(12)9-5/h9-10,17H,5-8H2,1-4H3,(H,15,18);7H,4-6H2,1-3H3,(H,12,13);5-6,11H,1-4H2,(H,9,12)/t9-,10?;;5-,6?/m1.1/s1. The molecule has 21 heteroatoms. The van der Waals surface area contributed by atoms with Gasteiger partial charge in [0, 0.05) is 19.6 Å². The van der Waals surface area contributed by atoms with E-state index < -0.39 is 78.1 Å². The Morgan fingerprint density at radius 1 is 0.830 bits per heavy atom. The quantitative estimate of drug-likeness (QED) is 0.140. The molecule has 4 heterocycles. The average molecular weight is 764 g/mol. The molecule has 0 saturated carbocycles. The van der Waals surface area contributed by atoms with Crippen LogP contribution in [0, 0.1) is 0 Å². The van der Waals surface area contributed by atoms with Crippen LogP contribution in [0.3, 0.4) is 0 Å². The van der Waals surface area contributed by atoms with Crippen LogP contribution in [-0.2, 0) is 52.4 Å². The molecule has 3 unspecified atom stereocenters. The monoisotopic (exact) mass is 763 g/mol. The number of esters is 1. The Hall–Kier alpha value is -4.31. The van der Waals surface area contributed by atoms with E-state index in [0.29, 0.717) is 19.8 Å². The van der Waals surface area contributed by atoms with Crippen molar-refractivity contribution < 1.29 is 77.3 Å². The van der Waals surface area contributed by atoms with Crippen LogP contribution >= 0.6 is 0 Å². The zero-order valence-corrected chi connectivity index (χ0v) is 31.2. The largest absolute Gasteiger partial charge is 0.480 e. The van der Waals surface area contributed by atoms with Gasteiger partial charge < -0.3 is 59.3 Å². The molecule has 4 fully saturated rings. The number of carbonyl (C=O) groups excluding carboxylic acids is 6. The fraction of sp³-hybridized carbons (Fsp3) is 0.781. The number of aliphatic hydroxyl groups is 2. The molecule has 5 N–H and O–H groups in total. The summed E-state index contributed by atoms with van der Waals surface area (Å²) in [6.45, 7) is 11.6. The van der Waals surface area contributed by atoms with Crippen molar-refractivity contribution in [1.29, 1.82) is 0 Å². The van der Waals surface area contributed by atoms with Crippen molar-refractivity contribution in [2.45, 2.75) is 83.0 Å². The van der Waals surface area contributed by atoms with Crippen LogP contribution in [0.15, 0.2) is 0 Å². The summed E-state index contributed by atoms with van der Waals surface area (Å²) in [7, 11) is 1.15. The van der Waals surface area contributed by atoms with Gasteiger partial charge in [-0.3, -0.25) is 24.2 Å². The molecule has 0 aliphatic carbocycles. The third-order valence-corrected chi connectivity index (χ3v) is 7.60. The topological polar surface area (TPSA) is 269 Å². The van der Waals surface area contributed by atoms with Crippen LogP contribution < -0.4 is 10.6 Å². The Balaban J connectivity index is 0.000000285. The van der Waals surface area contributed by atoms with Crippen molar-refractivity contribution in [3.63, 3.8) is 0 Å². The van der Waals surface area contributed by atoms with Crippen LogP contribution in [-0.4, -0.2) is 193 Å². The first-order chi connectivity index (χ1) is 24.7. The summed E-state index contributed by atoms with van der Waals surface area (Å²) in [5.74, 6) is -2.95. The van der Waals surface area contributed by atoms with Gasteiger partial charge in [-0.1, -0.05) is 0 Å². The lowest BCUT2D eigenvalue weighted by Crippen LogP contribution is -2.67. The number of aliphatic hydroxyl groups excluding tert-OH is 2. The molecule has 0 aromatic rings. The van der Waals surface area contributed by atoms with Gasteiger partial charge in [-0.2, -0.15) is 0 Å². The molecule has 53 heavy (non-hydrogen) atoms. The number of amides is 5. The average Bonchev–Trinajstić information content (AvgIpc) is 3.10. The van der Waals surface area contributed by atoms with E-state index in [1.54, 1.807) is 41.5 Å². The SMILES string of the molecule is CC(C)(C)OC(=O)N1CCOCC1C(=O)O.COC(=O)[C@@H](CO)NC(=O)C1COCCN1C(=O)OC(C)(C)C.O=C1N[C@H](CO)C(=O)N2CCOCC12. The van der Waals surface area contributed by atoms with E-state index >= 15 is 0 Å². The Morgan fingerprint density at radius 3 is 1.79 bits per heavy atom. The smallest absolute Gasteiger partial charge is 0.411 e. The Bertz CT molecular complexity index is 1300. The van der Waals surface area contributed by atoms with Crippen LogP contribution in [0.25, 0.3) is 0 Å². The molecule has 302 valence electrons. The number of carboxylic acids is 1. The number of rotatable bonds is 6. The van der Waals surface area contributed by atoms with E-state index in [1.807, 2.05) is 0 Å². The summed E-state index contributed by atoms with van der Waals surface area (Å²) in [5, 5.41) is 31.7. The van der Waals surface area contributed by atoms with Crippen molar-refractivity contribution >= 4 is 41.8 Å².